The van der Waals surface area contributed by atoms with E-state index in [1.54, 1.807) is 49.4 Å². The van der Waals surface area contributed by atoms with Crippen molar-refractivity contribution in [2.45, 2.75) is 6.92 Å². The van der Waals surface area contributed by atoms with Crippen LogP contribution in [0.3, 0.4) is 0 Å². The van der Waals surface area contributed by atoms with Gasteiger partial charge in [0.1, 0.15) is 23.1 Å². The molecule has 2 aromatic carbocycles. The van der Waals surface area contributed by atoms with Crippen molar-refractivity contribution in [2.24, 2.45) is 0 Å². The Morgan fingerprint density at radius 3 is 2.70 bits per heavy atom. The number of nitrogens with zero attached hydrogens (tertiary/aromatic N) is 3. The molecular formula is C20H17N5O2. The largest absolute Gasteiger partial charge is 0.495 e. The van der Waals surface area contributed by atoms with Crippen molar-refractivity contribution in [3.8, 4) is 11.8 Å². The highest BCUT2D eigenvalue weighted by Crippen LogP contribution is 2.24. The summed E-state index contributed by atoms with van der Waals surface area (Å²) in [4.78, 5) is 21.1. The lowest BCUT2D eigenvalue weighted by molar-refractivity contribution is 0.102. The fourth-order valence-corrected chi connectivity index (χ4v) is 2.50. The van der Waals surface area contributed by atoms with Gasteiger partial charge < -0.3 is 15.4 Å². The third-order valence-corrected chi connectivity index (χ3v) is 3.69. The fourth-order valence-electron chi connectivity index (χ4n) is 2.50. The lowest BCUT2D eigenvalue weighted by atomic mass is 10.2. The molecule has 0 aliphatic carbocycles. The van der Waals surface area contributed by atoms with Crippen molar-refractivity contribution in [1.82, 2.24) is 9.97 Å². The number of aromatic nitrogens is 2. The second-order valence-corrected chi connectivity index (χ2v) is 5.66. The monoisotopic (exact) mass is 359 g/mol. The minimum Gasteiger partial charge on any atom is -0.495 e. The maximum Gasteiger partial charge on any atom is 0.274 e. The average Bonchev–Trinajstić information content (AvgIpc) is 2.68. The number of methoxy groups -OCH3 is 1. The Balaban J connectivity index is 1.84. The standard InChI is InChI=1S/C20H17N5O2/c1-13-22-17(20(26)25-16-8-3-4-9-18(16)27-2)11-19(23-13)24-15-7-5-6-14(10-15)12-21/h3-11H,1-2H3,(H,25,26)(H,22,23,24). The van der Waals surface area contributed by atoms with Crippen molar-refractivity contribution < 1.29 is 9.53 Å². The first-order valence-corrected chi connectivity index (χ1v) is 8.16. The summed E-state index contributed by atoms with van der Waals surface area (Å²) in [6.45, 7) is 1.71. The molecule has 2 N–H and O–H groups in total. The normalized spacial score (nSPS) is 9.96. The zero-order chi connectivity index (χ0) is 19.2. The number of carbonyl (C=O) groups is 1. The molecule has 0 atom stereocenters. The van der Waals surface area contributed by atoms with Gasteiger partial charge in [-0.1, -0.05) is 18.2 Å². The molecule has 0 fully saturated rings. The summed E-state index contributed by atoms with van der Waals surface area (Å²) < 4.78 is 5.24. The van der Waals surface area contributed by atoms with Crippen LogP contribution in [0, 0.1) is 18.3 Å². The number of amides is 1. The van der Waals surface area contributed by atoms with Gasteiger partial charge in [0, 0.05) is 11.8 Å². The number of nitriles is 1. The van der Waals surface area contributed by atoms with Gasteiger partial charge in [-0.05, 0) is 37.3 Å². The number of anilines is 3. The number of hydrogen-bond acceptors (Lipinski definition) is 6. The van der Waals surface area contributed by atoms with Crippen molar-refractivity contribution in [3.05, 3.63) is 71.7 Å². The minimum atomic E-state index is -0.376. The third kappa shape index (κ3) is 4.38. The Morgan fingerprint density at radius 2 is 1.93 bits per heavy atom. The average molecular weight is 359 g/mol. The van der Waals surface area contributed by atoms with Crippen LogP contribution in [0.1, 0.15) is 21.9 Å². The van der Waals surface area contributed by atoms with E-state index >= 15 is 0 Å². The molecule has 1 aromatic heterocycles. The highest BCUT2D eigenvalue weighted by atomic mass is 16.5. The molecule has 7 heteroatoms. The van der Waals surface area contributed by atoms with E-state index < -0.39 is 0 Å². The highest BCUT2D eigenvalue weighted by Gasteiger charge is 2.13. The van der Waals surface area contributed by atoms with E-state index in [1.165, 1.54) is 7.11 Å². The van der Waals surface area contributed by atoms with Crippen LogP contribution in [0.5, 0.6) is 5.75 Å². The van der Waals surface area contributed by atoms with Gasteiger partial charge in [-0.2, -0.15) is 5.26 Å². The lowest BCUT2D eigenvalue weighted by Gasteiger charge is -2.11. The van der Waals surface area contributed by atoms with Crippen molar-refractivity contribution in [1.29, 1.82) is 5.26 Å². The summed E-state index contributed by atoms with van der Waals surface area (Å²) >= 11 is 0. The molecule has 0 unspecified atom stereocenters. The Kier molecular flexibility index (Phi) is 5.28. The predicted octanol–water partition coefficient (Wildman–Crippen LogP) is 3.66. The van der Waals surface area contributed by atoms with Crippen molar-refractivity contribution in [3.63, 3.8) is 0 Å². The number of rotatable bonds is 5. The number of aryl methyl sites for hydroxylation is 1. The van der Waals surface area contributed by atoms with Crippen LogP contribution in [0.15, 0.2) is 54.6 Å². The van der Waals surface area contributed by atoms with Gasteiger partial charge in [-0.15, -0.1) is 0 Å². The first kappa shape index (κ1) is 17.9. The third-order valence-electron chi connectivity index (χ3n) is 3.69. The van der Waals surface area contributed by atoms with E-state index in [1.807, 2.05) is 12.1 Å². The van der Waals surface area contributed by atoms with E-state index in [2.05, 4.69) is 26.7 Å². The molecular weight excluding hydrogens is 342 g/mol. The second kappa shape index (κ2) is 7.97. The predicted molar refractivity (Wildman–Crippen MR) is 102 cm³/mol. The SMILES string of the molecule is COc1ccccc1NC(=O)c1cc(Nc2cccc(C#N)c2)nc(C)n1. The first-order chi connectivity index (χ1) is 13.1. The molecule has 3 rings (SSSR count). The molecule has 0 radical (unpaired) electrons. The number of nitrogens with one attached hydrogen (secondary N) is 2. The zero-order valence-electron chi connectivity index (χ0n) is 14.9. The van der Waals surface area contributed by atoms with Crippen molar-refractivity contribution >= 4 is 23.1 Å². The molecule has 0 spiro atoms. The molecule has 0 aliphatic rings. The Morgan fingerprint density at radius 1 is 1.11 bits per heavy atom. The smallest absolute Gasteiger partial charge is 0.274 e. The van der Waals surface area contributed by atoms with Gasteiger partial charge in [0.05, 0.1) is 24.4 Å². The number of hydrogen-bond donors (Lipinski definition) is 2. The summed E-state index contributed by atoms with van der Waals surface area (Å²) in [6, 6.07) is 17.8. The van der Waals surface area contributed by atoms with E-state index in [-0.39, 0.29) is 11.6 Å². The van der Waals surface area contributed by atoms with E-state index in [9.17, 15) is 4.79 Å². The van der Waals surface area contributed by atoms with Crippen LogP contribution < -0.4 is 15.4 Å². The summed E-state index contributed by atoms with van der Waals surface area (Å²) in [5, 5.41) is 14.9. The van der Waals surface area contributed by atoms with E-state index in [0.29, 0.717) is 34.3 Å². The summed E-state index contributed by atoms with van der Waals surface area (Å²) in [5.41, 5.74) is 1.99. The van der Waals surface area contributed by atoms with Crippen LogP contribution in [0.4, 0.5) is 17.2 Å². The van der Waals surface area contributed by atoms with Crippen LogP contribution in [0.25, 0.3) is 0 Å². The highest BCUT2D eigenvalue weighted by molar-refractivity contribution is 6.04. The zero-order valence-corrected chi connectivity index (χ0v) is 14.9. The van der Waals surface area contributed by atoms with Crippen LogP contribution in [0.2, 0.25) is 0 Å². The molecule has 1 amide bonds. The Labute approximate surface area is 156 Å². The quantitative estimate of drug-likeness (QED) is 0.721. The summed E-state index contributed by atoms with van der Waals surface area (Å²) in [6.07, 6.45) is 0. The maximum absolute atomic E-state index is 12.6. The second-order valence-electron chi connectivity index (χ2n) is 5.66. The van der Waals surface area contributed by atoms with Crippen LogP contribution in [-0.4, -0.2) is 23.0 Å². The summed E-state index contributed by atoms with van der Waals surface area (Å²) in [5.74, 6) is 1.09. The van der Waals surface area contributed by atoms with Gasteiger partial charge in [0.2, 0.25) is 0 Å². The first-order valence-electron chi connectivity index (χ1n) is 8.16. The van der Waals surface area contributed by atoms with E-state index in [4.69, 9.17) is 10.00 Å². The molecule has 134 valence electrons. The Hall–Kier alpha value is -3.92. The van der Waals surface area contributed by atoms with Crippen LogP contribution >= 0.6 is 0 Å². The molecule has 0 saturated heterocycles. The van der Waals surface area contributed by atoms with E-state index in [0.717, 1.165) is 0 Å². The molecule has 27 heavy (non-hydrogen) atoms. The van der Waals surface area contributed by atoms with Gasteiger partial charge in [-0.3, -0.25) is 4.79 Å². The molecule has 3 aromatic rings. The minimum absolute atomic E-state index is 0.215. The van der Waals surface area contributed by atoms with Gasteiger partial charge in [0.15, 0.2) is 0 Å². The topological polar surface area (TPSA) is 99.9 Å². The fraction of sp³-hybridized carbons (Fsp3) is 0.100. The molecule has 0 saturated carbocycles. The number of benzene rings is 2. The number of carbonyl (C=O) groups excluding carboxylic acids is 1. The maximum atomic E-state index is 12.6. The summed E-state index contributed by atoms with van der Waals surface area (Å²) in [7, 11) is 1.54. The molecule has 7 nitrogen and oxygen atoms in total. The molecule has 1 heterocycles. The molecule has 0 aliphatic heterocycles. The van der Waals surface area contributed by atoms with Gasteiger partial charge in [-0.25, -0.2) is 9.97 Å². The van der Waals surface area contributed by atoms with Crippen LogP contribution in [-0.2, 0) is 0 Å². The Bertz CT molecular complexity index is 1030. The van der Waals surface area contributed by atoms with Gasteiger partial charge >= 0.3 is 0 Å². The van der Waals surface area contributed by atoms with Gasteiger partial charge in [0.25, 0.3) is 5.91 Å². The number of para-hydroxylation sites is 2. The molecule has 0 bridgehead atoms. The van der Waals surface area contributed by atoms with Crippen molar-refractivity contribution in [2.75, 3.05) is 17.7 Å². The lowest BCUT2D eigenvalue weighted by Crippen LogP contribution is -2.16. The number of ether oxygens (including phenoxy) is 1.